The lowest BCUT2D eigenvalue weighted by molar-refractivity contribution is 0.0747. The van der Waals surface area contributed by atoms with E-state index in [1.807, 2.05) is 24.3 Å². The topological polar surface area (TPSA) is 119 Å². The van der Waals surface area contributed by atoms with Gasteiger partial charge in [0.2, 0.25) is 0 Å². The number of fused-ring (bicyclic) bond motifs is 2. The average molecular weight is 469 g/mol. The van der Waals surface area contributed by atoms with Crippen molar-refractivity contribution < 1.29 is 22.7 Å². The highest BCUT2D eigenvalue weighted by Gasteiger charge is 2.24. The predicted molar refractivity (Wildman–Crippen MR) is 123 cm³/mol. The summed E-state index contributed by atoms with van der Waals surface area (Å²) in [4.78, 5) is 19.2. The maximum atomic E-state index is 13.1. The molecule has 10 heteroatoms. The lowest BCUT2D eigenvalue weighted by Gasteiger charge is -2.19. The molecule has 4 aromatic rings. The molecule has 1 aliphatic heterocycles. The molecule has 1 saturated heterocycles. The second-order valence-electron chi connectivity index (χ2n) is 8.51. The number of para-hydroxylation sites is 1. The molecular weight excluding hydrogens is 444 g/mol. The van der Waals surface area contributed by atoms with Crippen molar-refractivity contribution in [1.29, 1.82) is 0 Å². The summed E-state index contributed by atoms with van der Waals surface area (Å²) in [6.45, 7) is 0.999. The fraction of sp³-hybridized carbons (Fsp3) is 0.348. The summed E-state index contributed by atoms with van der Waals surface area (Å²) >= 11 is 0. The van der Waals surface area contributed by atoms with Gasteiger partial charge >= 0.3 is 0 Å². The summed E-state index contributed by atoms with van der Waals surface area (Å²) in [5, 5.41) is 16.0. The van der Waals surface area contributed by atoms with Gasteiger partial charge in [-0.3, -0.25) is 9.78 Å². The maximum Gasteiger partial charge on any atom is 0.272 e. The third-order valence-corrected chi connectivity index (χ3v) is 6.65. The normalized spacial score (nSPS) is 17.5. The lowest BCUT2D eigenvalue weighted by atomic mass is 10.1. The molecule has 172 valence electrons. The van der Waals surface area contributed by atoms with Crippen LogP contribution in [0.25, 0.3) is 33.1 Å². The Labute approximate surface area is 190 Å². The number of carbonyl (C=O) groups is 1. The standard InChI is InChI=1S/C23H24N4O5S/c1-33(30,31)14-27-20-11-19(23(29)26-9-4-5-15(28)8-10-26)24-12-17(20)22(25-27)18-13-32-21-7-3-2-6-16(18)21/h2-3,6-7,11-13,15,28H,4-5,8-10,14H2,1H3. The number of aromatic nitrogens is 3. The molecule has 1 fully saturated rings. The van der Waals surface area contributed by atoms with Crippen LogP contribution in [0.4, 0.5) is 0 Å². The summed E-state index contributed by atoms with van der Waals surface area (Å²) in [7, 11) is -3.40. The zero-order valence-electron chi connectivity index (χ0n) is 18.1. The Bertz CT molecular complexity index is 1460. The van der Waals surface area contributed by atoms with Crippen molar-refractivity contribution in [3.63, 3.8) is 0 Å². The first-order valence-electron chi connectivity index (χ1n) is 10.8. The number of amides is 1. The van der Waals surface area contributed by atoms with E-state index < -0.39 is 15.9 Å². The van der Waals surface area contributed by atoms with Crippen LogP contribution in [0, 0.1) is 0 Å². The summed E-state index contributed by atoms with van der Waals surface area (Å²) in [6, 6.07) is 9.13. The van der Waals surface area contributed by atoms with E-state index in [4.69, 9.17) is 4.42 Å². The van der Waals surface area contributed by atoms with Crippen LogP contribution in [-0.2, 0) is 15.7 Å². The highest BCUT2D eigenvalue weighted by Crippen LogP contribution is 2.34. The number of aliphatic hydroxyl groups excluding tert-OH is 1. The number of rotatable bonds is 4. The highest BCUT2D eigenvalue weighted by atomic mass is 32.2. The van der Waals surface area contributed by atoms with Gasteiger partial charge in [0.25, 0.3) is 5.91 Å². The summed E-state index contributed by atoms with van der Waals surface area (Å²) in [6.07, 6.45) is 5.82. The van der Waals surface area contributed by atoms with Gasteiger partial charge in [-0.25, -0.2) is 13.1 Å². The van der Waals surface area contributed by atoms with Crippen LogP contribution in [0.1, 0.15) is 29.8 Å². The molecule has 1 aliphatic rings. The Kier molecular flexibility index (Phi) is 5.41. The number of hydrogen-bond acceptors (Lipinski definition) is 7. The van der Waals surface area contributed by atoms with Gasteiger partial charge in [-0.1, -0.05) is 18.2 Å². The van der Waals surface area contributed by atoms with Crippen LogP contribution >= 0.6 is 0 Å². The van der Waals surface area contributed by atoms with Crippen molar-refractivity contribution >= 4 is 37.6 Å². The van der Waals surface area contributed by atoms with E-state index in [1.165, 1.54) is 4.68 Å². The van der Waals surface area contributed by atoms with E-state index in [0.29, 0.717) is 48.1 Å². The second-order valence-corrected chi connectivity index (χ2v) is 10.6. The summed E-state index contributed by atoms with van der Waals surface area (Å²) in [5.74, 6) is -0.569. The number of benzene rings is 1. The molecule has 1 N–H and O–H groups in total. The Balaban J connectivity index is 1.61. The minimum Gasteiger partial charge on any atom is -0.464 e. The minimum atomic E-state index is -3.40. The molecule has 9 nitrogen and oxygen atoms in total. The quantitative estimate of drug-likeness (QED) is 0.489. The van der Waals surface area contributed by atoms with Crippen LogP contribution in [0.2, 0.25) is 0 Å². The fourth-order valence-electron chi connectivity index (χ4n) is 4.31. The van der Waals surface area contributed by atoms with Gasteiger partial charge in [0, 0.05) is 41.9 Å². The third kappa shape index (κ3) is 4.23. The van der Waals surface area contributed by atoms with Gasteiger partial charge in [0.1, 0.15) is 29.1 Å². The molecule has 0 bridgehead atoms. The molecule has 1 amide bonds. The van der Waals surface area contributed by atoms with Crippen molar-refractivity contribution in [2.75, 3.05) is 19.3 Å². The first kappa shape index (κ1) is 21.6. The van der Waals surface area contributed by atoms with Gasteiger partial charge in [-0.15, -0.1) is 0 Å². The Morgan fingerprint density at radius 2 is 2.03 bits per heavy atom. The van der Waals surface area contributed by atoms with E-state index in [-0.39, 0.29) is 17.5 Å². The first-order valence-corrected chi connectivity index (χ1v) is 12.8. The summed E-state index contributed by atoms with van der Waals surface area (Å²) in [5.41, 5.74) is 2.70. The van der Waals surface area contributed by atoms with Gasteiger partial charge in [-0.2, -0.15) is 5.10 Å². The number of nitrogens with zero attached hydrogens (tertiary/aromatic N) is 4. The molecule has 5 rings (SSSR count). The predicted octanol–water partition coefficient (Wildman–Crippen LogP) is 2.83. The van der Waals surface area contributed by atoms with E-state index in [1.54, 1.807) is 23.4 Å². The molecule has 4 heterocycles. The van der Waals surface area contributed by atoms with Crippen LogP contribution < -0.4 is 0 Å². The molecule has 0 radical (unpaired) electrons. The SMILES string of the molecule is CS(=O)(=O)Cn1nc(-c2coc3ccccc23)c2cnc(C(=O)N3CCCC(O)CC3)cc21. The number of carbonyl (C=O) groups excluding carboxylic acids is 1. The van der Waals surface area contributed by atoms with Crippen LogP contribution in [0.15, 0.2) is 47.2 Å². The summed E-state index contributed by atoms with van der Waals surface area (Å²) < 4.78 is 31.2. The van der Waals surface area contributed by atoms with Crippen LogP contribution in [0.5, 0.6) is 0 Å². The smallest absolute Gasteiger partial charge is 0.272 e. The molecule has 0 aliphatic carbocycles. The Morgan fingerprint density at radius 3 is 2.85 bits per heavy atom. The molecule has 1 atom stereocenters. The molecule has 0 saturated carbocycles. The molecule has 33 heavy (non-hydrogen) atoms. The van der Waals surface area contributed by atoms with Crippen LogP contribution in [0.3, 0.4) is 0 Å². The average Bonchev–Trinajstić information content (AvgIpc) is 3.27. The van der Waals surface area contributed by atoms with Crippen molar-refractivity contribution in [2.24, 2.45) is 0 Å². The van der Waals surface area contributed by atoms with E-state index in [0.717, 1.165) is 23.6 Å². The van der Waals surface area contributed by atoms with Gasteiger partial charge in [-0.05, 0) is 31.4 Å². The number of aliphatic hydroxyl groups is 1. The van der Waals surface area contributed by atoms with Gasteiger partial charge in [0.05, 0.1) is 11.6 Å². The van der Waals surface area contributed by atoms with Crippen LogP contribution in [-0.4, -0.2) is 64.5 Å². The molecule has 1 aromatic carbocycles. The zero-order chi connectivity index (χ0) is 23.2. The van der Waals surface area contributed by atoms with Crippen molar-refractivity contribution in [3.05, 3.63) is 48.5 Å². The molecule has 3 aromatic heterocycles. The van der Waals surface area contributed by atoms with E-state index >= 15 is 0 Å². The Morgan fingerprint density at radius 1 is 1.21 bits per heavy atom. The third-order valence-electron chi connectivity index (χ3n) is 5.93. The van der Waals surface area contributed by atoms with E-state index in [2.05, 4.69) is 10.1 Å². The second kappa shape index (κ2) is 8.27. The monoisotopic (exact) mass is 468 g/mol. The lowest BCUT2D eigenvalue weighted by Crippen LogP contribution is -2.32. The molecule has 1 unspecified atom stereocenters. The first-order chi connectivity index (χ1) is 15.8. The van der Waals surface area contributed by atoms with Gasteiger partial charge in [0.15, 0.2) is 9.84 Å². The van der Waals surface area contributed by atoms with Gasteiger partial charge < -0.3 is 14.4 Å². The highest BCUT2D eigenvalue weighted by molar-refractivity contribution is 7.89. The molecule has 0 spiro atoms. The maximum absolute atomic E-state index is 13.1. The minimum absolute atomic E-state index is 0.220. The number of furan rings is 1. The molecular formula is C23H24N4O5S. The van der Waals surface area contributed by atoms with Crippen molar-refractivity contribution in [3.8, 4) is 11.3 Å². The zero-order valence-corrected chi connectivity index (χ0v) is 19.0. The largest absolute Gasteiger partial charge is 0.464 e. The number of sulfone groups is 1. The number of hydrogen-bond donors (Lipinski definition) is 1. The van der Waals surface area contributed by atoms with Crippen molar-refractivity contribution in [2.45, 2.75) is 31.2 Å². The Hall–Kier alpha value is -3.24. The number of likely N-dealkylation sites (tertiary alicyclic amines) is 1. The number of pyridine rings is 1. The van der Waals surface area contributed by atoms with E-state index in [9.17, 15) is 18.3 Å². The van der Waals surface area contributed by atoms with Crippen molar-refractivity contribution in [1.82, 2.24) is 19.7 Å². The fourth-order valence-corrected chi connectivity index (χ4v) is 4.95.